The Morgan fingerprint density at radius 2 is 2.12 bits per heavy atom. The molecular formula is C11H10N4O. The minimum Gasteiger partial charge on any atom is -0.444 e. The molecule has 0 fully saturated rings. The fraction of sp³-hybridized carbons (Fsp3) is 0.182. The molecular weight excluding hydrogens is 204 g/mol. The maximum atomic E-state index is 8.18. The van der Waals surface area contributed by atoms with Crippen LogP contribution < -0.4 is 0 Å². The number of oxazole rings is 1. The highest BCUT2D eigenvalue weighted by atomic mass is 16.3. The van der Waals surface area contributed by atoms with Crippen molar-refractivity contribution in [2.75, 3.05) is 0 Å². The molecule has 2 aromatic rings. The summed E-state index contributed by atoms with van der Waals surface area (Å²) in [7, 11) is 0. The Kier molecular flexibility index (Phi) is 2.89. The average Bonchev–Trinajstić information content (AvgIpc) is 2.76. The normalized spacial score (nSPS) is 9.81. The quantitative estimate of drug-likeness (QED) is 0.445. The Labute approximate surface area is 92.4 Å². The lowest BCUT2D eigenvalue weighted by molar-refractivity contribution is 0.572. The topological polar surface area (TPSA) is 74.8 Å². The molecule has 0 radical (unpaired) electrons. The summed E-state index contributed by atoms with van der Waals surface area (Å²) in [5, 5.41) is 3.42. The Hall–Kier alpha value is -2.26. The Morgan fingerprint density at radius 3 is 2.81 bits per heavy atom. The molecule has 1 heterocycles. The summed E-state index contributed by atoms with van der Waals surface area (Å²) in [6.07, 6.45) is 1.50. The maximum absolute atomic E-state index is 8.18. The second kappa shape index (κ2) is 4.51. The number of hydrogen-bond donors (Lipinski definition) is 0. The van der Waals surface area contributed by atoms with Crippen LogP contribution in [0.4, 0.5) is 0 Å². The minimum atomic E-state index is 0.214. The Bertz CT molecular complexity index is 523. The molecule has 0 aliphatic rings. The summed E-state index contributed by atoms with van der Waals surface area (Å²) >= 11 is 0. The van der Waals surface area contributed by atoms with Crippen molar-refractivity contribution in [3.63, 3.8) is 0 Å². The van der Waals surface area contributed by atoms with Crippen LogP contribution in [0.25, 0.3) is 21.9 Å². The predicted octanol–water partition coefficient (Wildman–Crippen LogP) is 3.46. The van der Waals surface area contributed by atoms with Gasteiger partial charge in [-0.25, -0.2) is 4.98 Å². The van der Waals surface area contributed by atoms with Crippen LogP contribution in [-0.2, 0) is 6.54 Å². The van der Waals surface area contributed by atoms with E-state index in [0.717, 1.165) is 5.56 Å². The van der Waals surface area contributed by atoms with Crippen LogP contribution in [0.2, 0.25) is 0 Å². The second-order valence-electron chi connectivity index (χ2n) is 3.40. The minimum absolute atomic E-state index is 0.214. The highest BCUT2D eigenvalue weighted by molar-refractivity contribution is 5.53. The third kappa shape index (κ3) is 2.21. The smallest absolute Gasteiger partial charge is 0.226 e. The number of aromatic nitrogens is 1. The number of benzene rings is 1. The van der Waals surface area contributed by atoms with Crippen LogP contribution in [0.3, 0.4) is 0 Å². The molecule has 0 atom stereocenters. The van der Waals surface area contributed by atoms with Crippen LogP contribution in [0.5, 0.6) is 0 Å². The van der Waals surface area contributed by atoms with Gasteiger partial charge in [-0.05, 0) is 24.6 Å². The first-order valence-electron chi connectivity index (χ1n) is 4.82. The highest BCUT2D eigenvalue weighted by Gasteiger charge is 2.05. The predicted molar refractivity (Wildman–Crippen MR) is 59.5 cm³/mol. The van der Waals surface area contributed by atoms with E-state index in [4.69, 9.17) is 9.95 Å². The van der Waals surface area contributed by atoms with Gasteiger partial charge in [-0.3, -0.25) is 0 Å². The molecule has 0 saturated heterocycles. The van der Waals surface area contributed by atoms with Crippen molar-refractivity contribution in [1.29, 1.82) is 0 Å². The Balaban J connectivity index is 2.24. The van der Waals surface area contributed by atoms with Crippen molar-refractivity contribution in [2.24, 2.45) is 5.11 Å². The molecule has 0 N–H and O–H groups in total. The van der Waals surface area contributed by atoms with Crippen LogP contribution in [0, 0.1) is 6.92 Å². The monoisotopic (exact) mass is 214 g/mol. The lowest BCUT2D eigenvalue weighted by atomic mass is 10.1. The summed E-state index contributed by atoms with van der Waals surface area (Å²) in [6.45, 7) is 2.23. The van der Waals surface area contributed by atoms with E-state index in [0.29, 0.717) is 11.6 Å². The summed E-state index contributed by atoms with van der Waals surface area (Å²) in [5.41, 5.74) is 10.9. The lowest BCUT2D eigenvalue weighted by Gasteiger charge is -1.95. The number of aryl methyl sites for hydroxylation is 1. The van der Waals surface area contributed by atoms with Gasteiger partial charge in [-0.15, -0.1) is 0 Å². The van der Waals surface area contributed by atoms with Gasteiger partial charge in [-0.1, -0.05) is 22.8 Å². The first-order chi connectivity index (χ1) is 7.79. The van der Waals surface area contributed by atoms with Gasteiger partial charge in [0.1, 0.15) is 6.26 Å². The van der Waals surface area contributed by atoms with Gasteiger partial charge >= 0.3 is 0 Å². The van der Waals surface area contributed by atoms with E-state index in [-0.39, 0.29) is 6.54 Å². The second-order valence-corrected chi connectivity index (χ2v) is 3.40. The fourth-order valence-corrected chi connectivity index (χ4v) is 1.31. The van der Waals surface area contributed by atoms with Crippen LogP contribution in [-0.4, -0.2) is 4.98 Å². The van der Waals surface area contributed by atoms with Gasteiger partial charge in [0, 0.05) is 10.5 Å². The van der Waals surface area contributed by atoms with Gasteiger partial charge in [0.25, 0.3) is 0 Å². The molecule has 16 heavy (non-hydrogen) atoms. The summed E-state index contributed by atoms with van der Waals surface area (Å²) in [6, 6.07) is 7.87. The zero-order chi connectivity index (χ0) is 11.4. The molecule has 0 amide bonds. The molecule has 80 valence electrons. The van der Waals surface area contributed by atoms with Gasteiger partial charge in [0.05, 0.1) is 12.2 Å². The maximum Gasteiger partial charge on any atom is 0.226 e. The zero-order valence-corrected chi connectivity index (χ0v) is 8.79. The average molecular weight is 214 g/mol. The van der Waals surface area contributed by atoms with E-state index in [1.807, 2.05) is 31.2 Å². The summed E-state index contributed by atoms with van der Waals surface area (Å²) < 4.78 is 5.29. The molecule has 0 unspecified atom stereocenters. The molecule has 5 nitrogen and oxygen atoms in total. The van der Waals surface area contributed by atoms with E-state index in [1.165, 1.54) is 11.8 Å². The summed E-state index contributed by atoms with van der Waals surface area (Å²) in [4.78, 5) is 6.88. The first-order valence-corrected chi connectivity index (χ1v) is 4.82. The third-order valence-electron chi connectivity index (χ3n) is 2.15. The molecule has 0 spiro atoms. The molecule has 0 aliphatic carbocycles. The largest absolute Gasteiger partial charge is 0.444 e. The molecule has 0 saturated carbocycles. The molecule has 0 bridgehead atoms. The summed E-state index contributed by atoms with van der Waals surface area (Å²) in [5.74, 6) is 0.545. The third-order valence-corrected chi connectivity index (χ3v) is 2.15. The van der Waals surface area contributed by atoms with Crippen molar-refractivity contribution >= 4 is 0 Å². The van der Waals surface area contributed by atoms with Gasteiger partial charge in [0.15, 0.2) is 0 Å². The van der Waals surface area contributed by atoms with Crippen LogP contribution in [0.1, 0.15) is 11.3 Å². The van der Waals surface area contributed by atoms with Crippen molar-refractivity contribution < 1.29 is 4.42 Å². The number of hydrogen-bond acceptors (Lipinski definition) is 3. The molecule has 5 heteroatoms. The van der Waals surface area contributed by atoms with Gasteiger partial charge in [-0.2, -0.15) is 0 Å². The van der Waals surface area contributed by atoms with E-state index in [1.54, 1.807) is 0 Å². The SMILES string of the molecule is Cc1ccc(-c2nc(CN=[N+]=[N-])co2)cc1. The van der Waals surface area contributed by atoms with Crippen molar-refractivity contribution in [3.8, 4) is 11.5 Å². The highest BCUT2D eigenvalue weighted by Crippen LogP contribution is 2.19. The molecule has 1 aromatic carbocycles. The number of nitrogens with zero attached hydrogens (tertiary/aromatic N) is 4. The van der Waals surface area contributed by atoms with Crippen molar-refractivity contribution in [1.82, 2.24) is 4.98 Å². The molecule has 0 aliphatic heterocycles. The zero-order valence-electron chi connectivity index (χ0n) is 8.79. The first kappa shape index (κ1) is 10.3. The van der Waals surface area contributed by atoms with E-state index >= 15 is 0 Å². The Morgan fingerprint density at radius 1 is 1.38 bits per heavy atom. The van der Waals surface area contributed by atoms with Gasteiger partial charge < -0.3 is 4.42 Å². The number of azide groups is 1. The van der Waals surface area contributed by atoms with E-state index < -0.39 is 0 Å². The fourth-order valence-electron chi connectivity index (χ4n) is 1.31. The van der Waals surface area contributed by atoms with Gasteiger partial charge in [0.2, 0.25) is 5.89 Å². The lowest BCUT2D eigenvalue weighted by Crippen LogP contribution is -1.81. The standard InChI is InChI=1S/C11H10N4O/c1-8-2-4-9(5-3-8)11-14-10(7-16-11)6-13-15-12/h2-5,7H,6H2,1H3. The van der Waals surface area contributed by atoms with Crippen LogP contribution in [0.15, 0.2) is 40.1 Å². The molecule has 2 rings (SSSR count). The van der Waals surface area contributed by atoms with E-state index in [9.17, 15) is 0 Å². The van der Waals surface area contributed by atoms with E-state index in [2.05, 4.69) is 15.0 Å². The van der Waals surface area contributed by atoms with Crippen molar-refractivity contribution in [2.45, 2.75) is 13.5 Å². The molecule has 1 aromatic heterocycles. The van der Waals surface area contributed by atoms with Crippen LogP contribution >= 0.6 is 0 Å². The number of rotatable bonds is 3. The van der Waals surface area contributed by atoms with Crippen molar-refractivity contribution in [3.05, 3.63) is 52.2 Å².